The first-order valence-corrected chi connectivity index (χ1v) is 8.65. The van der Waals surface area contributed by atoms with Gasteiger partial charge in [0.2, 0.25) is 0 Å². The van der Waals surface area contributed by atoms with Crippen LogP contribution < -0.4 is 0 Å². The second kappa shape index (κ2) is 5.64. The molecular formula is C16H25ClN4. The fourth-order valence-electron chi connectivity index (χ4n) is 3.79. The summed E-state index contributed by atoms with van der Waals surface area (Å²) in [5.74, 6) is 1.75. The van der Waals surface area contributed by atoms with E-state index < -0.39 is 0 Å². The van der Waals surface area contributed by atoms with E-state index in [0.29, 0.717) is 5.88 Å². The lowest BCUT2D eigenvalue weighted by Gasteiger charge is -2.36. The summed E-state index contributed by atoms with van der Waals surface area (Å²) in [5, 5.41) is 4.66. The minimum Gasteiger partial charge on any atom is -0.307 e. The van der Waals surface area contributed by atoms with Crippen molar-refractivity contribution in [2.24, 2.45) is 0 Å². The van der Waals surface area contributed by atoms with Crippen molar-refractivity contribution >= 4 is 22.8 Å². The Balaban J connectivity index is 2.23. The molecule has 0 N–H and O–H groups in total. The van der Waals surface area contributed by atoms with Gasteiger partial charge >= 0.3 is 0 Å². The molecule has 1 saturated carbocycles. The van der Waals surface area contributed by atoms with Gasteiger partial charge in [0.05, 0.1) is 5.69 Å². The van der Waals surface area contributed by atoms with Gasteiger partial charge in [0.25, 0.3) is 0 Å². The van der Waals surface area contributed by atoms with Crippen LogP contribution in [-0.2, 0) is 18.5 Å². The molecule has 1 aliphatic carbocycles. The Morgan fingerprint density at radius 1 is 1.24 bits per heavy atom. The average molecular weight is 309 g/mol. The molecule has 0 spiro atoms. The number of hydrogen-bond donors (Lipinski definition) is 0. The van der Waals surface area contributed by atoms with Crippen molar-refractivity contribution in [1.29, 1.82) is 0 Å². The minimum absolute atomic E-state index is 0.161. The summed E-state index contributed by atoms with van der Waals surface area (Å²) in [7, 11) is 0. The minimum atomic E-state index is 0.161. The molecule has 21 heavy (non-hydrogen) atoms. The Bertz CT molecular complexity index is 634. The predicted molar refractivity (Wildman–Crippen MR) is 87.1 cm³/mol. The van der Waals surface area contributed by atoms with Gasteiger partial charge in [0, 0.05) is 24.4 Å². The standard InChI is InChI=1S/C16H25ClN4/c1-4-20-15-14(12(2)19-20)18-13(8-11-17)21(15)16(3)9-6-5-7-10-16/h4-11H2,1-3H3. The Hall–Kier alpha value is -1.03. The number of nitrogens with zero attached hydrogens (tertiary/aromatic N) is 4. The van der Waals surface area contributed by atoms with Crippen LogP contribution in [0.3, 0.4) is 0 Å². The topological polar surface area (TPSA) is 35.6 Å². The van der Waals surface area contributed by atoms with Gasteiger partial charge in [-0.2, -0.15) is 5.10 Å². The van der Waals surface area contributed by atoms with Crippen LogP contribution in [0.25, 0.3) is 11.2 Å². The maximum atomic E-state index is 6.02. The van der Waals surface area contributed by atoms with Gasteiger partial charge in [0.15, 0.2) is 5.65 Å². The van der Waals surface area contributed by atoms with Gasteiger partial charge in [-0.05, 0) is 33.6 Å². The molecule has 2 heterocycles. The summed E-state index contributed by atoms with van der Waals surface area (Å²) in [6, 6.07) is 0. The van der Waals surface area contributed by atoms with E-state index in [4.69, 9.17) is 16.6 Å². The third-order valence-corrected chi connectivity index (χ3v) is 5.06. The van der Waals surface area contributed by atoms with Crippen molar-refractivity contribution in [3.63, 3.8) is 0 Å². The zero-order valence-corrected chi connectivity index (χ0v) is 14.1. The Labute approximate surface area is 131 Å². The van der Waals surface area contributed by atoms with E-state index in [2.05, 4.69) is 35.1 Å². The van der Waals surface area contributed by atoms with Gasteiger partial charge in [-0.15, -0.1) is 11.6 Å². The molecule has 2 aromatic heterocycles. The number of imidazole rings is 1. The molecule has 0 atom stereocenters. The number of alkyl halides is 1. The van der Waals surface area contributed by atoms with Crippen LogP contribution >= 0.6 is 11.6 Å². The highest BCUT2D eigenvalue weighted by atomic mass is 35.5. The molecule has 0 aliphatic heterocycles. The second-order valence-corrected chi connectivity index (χ2v) is 6.81. The fraction of sp³-hybridized carbons (Fsp3) is 0.750. The van der Waals surface area contributed by atoms with Gasteiger partial charge in [0.1, 0.15) is 11.3 Å². The Morgan fingerprint density at radius 2 is 1.95 bits per heavy atom. The van der Waals surface area contributed by atoms with Crippen LogP contribution in [0, 0.1) is 6.92 Å². The number of fused-ring (bicyclic) bond motifs is 1. The highest BCUT2D eigenvalue weighted by Gasteiger charge is 2.34. The molecule has 0 aromatic carbocycles. The molecule has 0 saturated heterocycles. The third kappa shape index (κ3) is 2.37. The largest absolute Gasteiger partial charge is 0.307 e. The van der Waals surface area contributed by atoms with E-state index >= 15 is 0 Å². The second-order valence-electron chi connectivity index (χ2n) is 6.43. The fourth-order valence-corrected chi connectivity index (χ4v) is 3.96. The van der Waals surface area contributed by atoms with E-state index in [0.717, 1.165) is 30.0 Å². The third-order valence-electron chi connectivity index (χ3n) is 4.87. The first-order valence-electron chi connectivity index (χ1n) is 8.12. The first-order chi connectivity index (χ1) is 10.1. The van der Waals surface area contributed by atoms with Crippen LogP contribution in [0.15, 0.2) is 0 Å². The summed E-state index contributed by atoms with van der Waals surface area (Å²) in [5.41, 5.74) is 3.44. The summed E-state index contributed by atoms with van der Waals surface area (Å²) in [4.78, 5) is 4.89. The molecule has 0 bridgehead atoms. The van der Waals surface area contributed by atoms with Gasteiger partial charge in [-0.25, -0.2) is 9.67 Å². The summed E-state index contributed by atoms with van der Waals surface area (Å²) >= 11 is 6.02. The number of aromatic nitrogens is 4. The molecule has 0 unspecified atom stereocenters. The molecule has 1 aliphatic rings. The summed E-state index contributed by atoms with van der Waals surface area (Å²) < 4.78 is 4.57. The lowest BCUT2D eigenvalue weighted by molar-refractivity contribution is 0.217. The number of halogens is 1. The van der Waals surface area contributed by atoms with Gasteiger partial charge in [-0.3, -0.25) is 0 Å². The van der Waals surface area contributed by atoms with Crippen molar-refractivity contribution in [3.05, 3.63) is 11.5 Å². The average Bonchev–Trinajstić information content (AvgIpc) is 2.98. The SMILES string of the molecule is CCn1nc(C)c2nc(CCCl)n(C3(C)CCCCC3)c21. The van der Waals surface area contributed by atoms with Crippen molar-refractivity contribution in [1.82, 2.24) is 19.3 Å². The van der Waals surface area contributed by atoms with Crippen LogP contribution in [-0.4, -0.2) is 25.2 Å². The van der Waals surface area contributed by atoms with Crippen LogP contribution in [0.1, 0.15) is 57.5 Å². The van der Waals surface area contributed by atoms with Crippen molar-refractivity contribution in [2.75, 3.05) is 5.88 Å². The number of rotatable bonds is 4. The molecule has 116 valence electrons. The van der Waals surface area contributed by atoms with Crippen molar-refractivity contribution in [3.8, 4) is 0 Å². The monoisotopic (exact) mass is 308 g/mol. The van der Waals surface area contributed by atoms with E-state index in [1.807, 2.05) is 0 Å². The van der Waals surface area contributed by atoms with E-state index in [1.165, 1.54) is 37.8 Å². The highest BCUT2D eigenvalue weighted by molar-refractivity contribution is 6.17. The Kier molecular flexibility index (Phi) is 4.00. The maximum absolute atomic E-state index is 6.02. The number of aryl methyl sites for hydroxylation is 3. The smallest absolute Gasteiger partial charge is 0.159 e. The van der Waals surface area contributed by atoms with Crippen LogP contribution in [0.4, 0.5) is 0 Å². The van der Waals surface area contributed by atoms with Crippen molar-refractivity contribution < 1.29 is 0 Å². The van der Waals surface area contributed by atoms with Gasteiger partial charge < -0.3 is 4.57 Å². The van der Waals surface area contributed by atoms with Crippen LogP contribution in [0.2, 0.25) is 0 Å². The number of hydrogen-bond acceptors (Lipinski definition) is 2. The first kappa shape index (κ1) is 14.9. The molecule has 5 heteroatoms. The van der Waals surface area contributed by atoms with Crippen molar-refractivity contribution in [2.45, 2.75) is 71.4 Å². The molecule has 3 rings (SSSR count). The quantitative estimate of drug-likeness (QED) is 0.800. The molecular weight excluding hydrogens is 284 g/mol. The van der Waals surface area contributed by atoms with Gasteiger partial charge in [-0.1, -0.05) is 19.3 Å². The summed E-state index contributed by atoms with van der Waals surface area (Å²) in [6.45, 7) is 7.47. The lowest BCUT2D eigenvalue weighted by atomic mass is 9.83. The Morgan fingerprint density at radius 3 is 2.57 bits per heavy atom. The molecule has 1 fully saturated rings. The predicted octanol–water partition coefficient (Wildman–Crippen LogP) is 4.02. The molecule has 0 amide bonds. The van der Waals surface area contributed by atoms with E-state index in [1.54, 1.807) is 0 Å². The van der Waals surface area contributed by atoms with E-state index in [9.17, 15) is 0 Å². The molecule has 2 aromatic rings. The lowest BCUT2D eigenvalue weighted by Crippen LogP contribution is -2.34. The van der Waals surface area contributed by atoms with E-state index in [-0.39, 0.29) is 5.54 Å². The summed E-state index contributed by atoms with van der Waals surface area (Å²) in [6.07, 6.45) is 7.23. The molecule has 4 nitrogen and oxygen atoms in total. The normalized spacial score (nSPS) is 18.5. The molecule has 0 radical (unpaired) electrons. The highest BCUT2D eigenvalue weighted by Crippen LogP contribution is 2.38. The zero-order valence-electron chi connectivity index (χ0n) is 13.3. The maximum Gasteiger partial charge on any atom is 0.159 e. The zero-order chi connectivity index (χ0) is 15.0. The van der Waals surface area contributed by atoms with Crippen LogP contribution in [0.5, 0.6) is 0 Å².